The molecule has 1 atom stereocenters. The van der Waals surface area contributed by atoms with E-state index in [9.17, 15) is 13.2 Å². The highest BCUT2D eigenvalue weighted by Gasteiger charge is 2.34. The molecular formula is C5H8F3N. The third-order valence-electron chi connectivity index (χ3n) is 1.03. The van der Waals surface area contributed by atoms with Crippen LogP contribution in [0.3, 0.4) is 0 Å². The molecule has 0 aliphatic rings. The molecular weight excluding hydrogens is 131 g/mol. The minimum absolute atomic E-state index is 0.219. The Morgan fingerprint density at radius 3 is 2.11 bits per heavy atom. The van der Waals surface area contributed by atoms with Crippen LogP contribution in [-0.2, 0) is 0 Å². The second-order valence-corrected chi connectivity index (χ2v) is 1.88. The van der Waals surface area contributed by atoms with E-state index >= 15 is 0 Å². The van der Waals surface area contributed by atoms with Crippen LogP contribution in [-0.4, -0.2) is 12.4 Å². The van der Waals surface area contributed by atoms with Crippen molar-refractivity contribution >= 4 is 6.21 Å². The van der Waals surface area contributed by atoms with Crippen LogP contribution in [0.1, 0.15) is 13.3 Å². The van der Waals surface area contributed by atoms with Crippen LogP contribution in [0.15, 0.2) is 0 Å². The van der Waals surface area contributed by atoms with Crippen LogP contribution in [0.25, 0.3) is 0 Å². The van der Waals surface area contributed by atoms with Crippen molar-refractivity contribution in [3.63, 3.8) is 0 Å². The molecule has 0 saturated heterocycles. The maximum Gasteiger partial charge on any atom is 0.391 e. The lowest BCUT2D eigenvalue weighted by atomic mass is 10.1. The second-order valence-electron chi connectivity index (χ2n) is 1.88. The minimum atomic E-state index is -4.14. The predicted octanol–water partition coefficient (Wildman–Crippen LogP) is 2.22. The molecule has 9 heavy (non-hydrogen) atoms. The third-order valence-corrected chi connectivity index (χ3v) is 1.03. The van der Waals surface area contributed by atoms with Gasteiger partial charge < -0.3 is 5.41 Å². The fourth-order valence-corrected chi connectivity index (χ4v) is 0.310. The van der Waals surface area contributed by atoms with Gasteiger partial charge in [-0.3, -0.25) is 0 Å². The van der Waals surface area contributed by atoms with Gasteiger partial charge in [0.25, 0.3) is 0 Å². The van der Waals surface area contributed by atoms with Gasteiger partial charge in [-0.1, -0.05) is 6.92 Å². The molecule has 0 aromatic heterocycles. The Labute approximate surface area is 51.4 Å². The molecule has 4 heteroatoms. The Hall–Kier alpha value is -0.540. The van der Waals surface area contributed by atoms with Crippen molar-refractivity contribution in [3.8, 4) is 0 Å². The summed E-state index contributed by atoms with van der Waals surface area (Å²) >= 11 is 0. The van der Waals surface area contributed by atoms with E-state index in [1.54, 1.807) is 0 Å². The van der Waals surface area contributed by atoms with E-state index in [2.05, 4.69) is 0 Å². The maximum absolute atomic E-state index is 11.5. The van der Waals surface area contributed by atoms with E-state index < -0.39 is 12.1 Å². The quantitative estimate of drug-likeness (QED) is 0.567. The van der Waals surface area contributed by atoms with Gasteiger partial charge in [0.05, 0.1) is 5.92 Å². The van der Waals surface area contributed by atoms with E-state index in [4.69, 9.17) is 5.41 Å². The molecule has 0 bridgehead atoms. The molecule has 54 valence electrons. The van der Waals surface area contributed by atoms with Gasteiger partial charge in [0.2, 0.25) is 0 Å². The van der Waals surface area contributed by atoms with Crippen molar-refractivity contribution in [2.24, 2.45) is 5.92 Å². The first kappa shape index (κ1) is 8.46. The molecule has 0 aromatic rings. The lowest BCUT2D eigenvalue weighted by Crippen LogP contribution is -2.19. The fraction of sp³-hybridized carbons (Fsp3) is 0.800. The highest BCUT2D eigenvalue weighted by molar-refractivity contribution is 5.53. The lowest BCUT2D eigenvalue weighted by Gasteiger charge is -2.11. The van der Waals surface area contributed by atoms with Crippen molar-refractivity contribution in [1.29, 1.82) is 5.41 Å². The van der Waals surface area contributed by atoms with Gasteiger partial charge in [0.15, 0.2) is 0 Å². The third kappa shape index (κ3) is 3.11. The number of rotatable bonds is 2. The molecule has 1 N–H and O–H groups in total. The largest absolute Gasteiger partial charge is 0.391 e. The fourth-order valence-electron chi connectivity index (χ4n) is 0.310. The average molecular weight is 139 g/mol. The van der Waals surface area contributed by atoms with E-state index in [0.29, 0.717) is 0 Å². The van der Waals surface area contributed by atoms with E-state index in [-0.39, 0.29) is 6.42 Å². The highest BCUT2D eigenvalue weighted by Crippen LogP contribution is 2.27. The summed E-state index contributed by atoms with van der Waals surface area (Å²) in [7, 11) is 0. The Morgan fingerprint density at radius 2 is 2.00 bits per heavy atom. The number of nitrogens with one attached hydrogen (secondary N) is 1. The first-order valence-corrected chi connectivity index (χ1v) is 2.54. The number of alkyl halides is 3. The summed E-state index contributed by atoms with van der Waals surface area (Å²) in [4.78, 5) is 0. The van der Waals surface area contributed by atoms with Crippen LogP contribution in [0, 0.1) is 11.3 Å². The summed E-state index contributed by atoms with van der Waals surface area (Å²) in [6.07, 6.45) is -3.58. The zero-order valence-electron chi connectivity index (χ0n) is 5.00. The van der Waals surface area contributed by atoms with Crippen molar-refractivity contribution < 1.29 is 13.2 Å². The molecule has 1 nitrogen and oxygen atoms in total. The molecule has 0 amide bonds. The van der Waals surface area contributed by atoms with Gasteiger partial charge in [0.1, 0.15) is 0 Å². The molecule has 0 fully saturated rings. The van der Waals surface area contributed by atoms with Gasteiger partial charge in [-0.2, -0.15) is 13.2 Å². The van der Waals surface area contributed by atoms with Crippen LogP contribution in [0.2, 0.25) is 0 Å². The zero-order chi connectivity index (χ0) is 7.49. The molecule has 0 aliphatic carbocycles. The average Bonchev–Trinajstić information content (AvgIpc) is 1.64. The molecule has 0 heterocycles. The van der Waals surface area contributed by atoms with Crippen LogP contribution < -0.4 is 0 Å². The van der Waals surface area contributed by atoms with Gasteiger partial charge in [-0.15, -0.1) is 0 Å². The molecule has 0 radical (unpaired) electrons. The summed E-state index contributed by atoms with van der Waals surface area (Å²) in [6.45, 7) is 1.06. The zero-order valence-corrected chi connectivity index (χ0v) is 5.00. The number of hydrogen-bond donors (Lipinski definition) is 1. The Kier molecular flexibility index (Phi) is 2.67. The van der Waals surface area contributed by atoms with Crippen LogP contribution in [0.5, 0.6) is 0 Å². The topological polar surface area (TPSA) is 23.9 Å². The summed E-state index contributed by atoms with van der Waals surface area (Å²) in [5.41, 5.74) is 0. The van der Waals surface area contributed by atoms with Crippen molar-refractivity contribution in [2.75, 3.05) is 0 Å². The summed E-state index contributed by atoms with van der Waals surface area (Å²) in [6, 6.07) is 0. The summed E-state index contributed by atoms with van der Waals surface area (Å²) < 4.78 is 34.6. The smallest absolute Gasteiger partial charge is 0.313 e. The number of hydrogen-bond acceptors (Lipinski definition) is 1. The standard InChI is InChI=1S/C5H8F3N/c1-4(2-3-9)5(6,7)8/h3-4,9H,2H2,1H3. The minimum Gasteiger partial charge on any atom is -0.313 e. The Morgan fingerprint density at radius 1 is 1.56 bits per heavy atom. The summed E-state index contributed by atoms with van der Waals surface area (Å²) in [5.74, 6) is -1.38. The van der Waals surface area contributed by atoms with E-state index in [1.165, 1.54) is 0 Å². The number of halogens is 3. The molecule has 0 aromatic carbocycles. The van der Waals surface area contributed by atoms with Gasteiger partial charge >= 0.3 is 6.18 Å². The highest BCUT2D eigenvalue weighted by atomic mass is 19.4. The van der Waals surface area contributed by atoms with Crippen molar-refractivity contribution in [3.05, 3.63) is 0 Å². The predicted molar refractivity (Wildman–Crippen MR) is 28.6 cm³/mol. The molecule has 0 rings (SSSR count). The maximum atomic E-state index is 11.5. The molecule has 0 saturated carbocycles. The van der Waals surface area contributed by atoms with Gasteiger partial charge in [0, 0.05) is 0 Å². The monoisotopic (exact) mass is 139 g/mol. The molecule has 1 unspecified atom stereocenters. The van der Waals surface area contributed by atoms with Crippen LogP contribution in [0.4, 0.5) is 13.2 Å². The Bertz CT molecular complexity index is 96.9. The normalized spacial score (nSPS) is 15.1. The van der Waals surface area contributed by atoms with E-state index in [0.717, 1.165) is 13.1 Å². The second kappa shape index (κ2) is 2.85. The molecule has 0 spiro atoms. The first-order valence-electron chi connectivity index (χ1n) is 2.54. The van der Waals surface area contributed by atoms with Crippen molar-refractivity contribution in [1.82, 2.24) is 0 Å². The van der Waals surface area contributed by atoms with Gasteiger partial charge in [-0.25, -0.2) is 0 Å². The van der Waals surface area contributed by atoms with Gasteiger partial charge in [-0.05, 0) is 12.6 Å². The van der Waals surface area contributed by atoms with E-state index in [1.807, 2.05) is 0 Å². The van der Waals surface area contributed by atoms with Crippen molar-refractivity contribution in [2.45, 2.75) is 19.5 Å². The first-order chi connectivity index (χ1) is 3.98. The SMILES string of the molecule is CC(CC=N)C(F)(F)F. The molecule has 0 aliphatic heterocycles. The lowest BCUT2D eigenvalue weighted by molar-refractivity contribution is -0.167. The Balaban J connectivity index is 3.72. The van der Waals surface area contributed by atoms with Crippen LogP contribution >= 0.6 is 0 Å². The summed E-state index contributed by atoms with van der Waals surface area (Å²) in [5, 5.41) is 6.39.